The second kappa shape index (κ2) is 5.17. The molecule has 1 aliphatic rings. The van der Waals surface area contributed by atoms with Gasteiger partial charge in [-0.2, -0.15) is 0 Å². The van der Waals surface area contributed by atoms with Crippen LogP contribution in [0.15, 0.2) is 42.7 Å². The highest BCUT2D eigenvalue weighted by molar-refractivity contribution is 5.24. The van der Waals surface area contributed by atoms with E-state index in [1.54, 1.807) is 6.26 Å². The summed E-state index contributed by atoms with van der Waals surface area (Å²) >= 11 is 0. The summed E-state index contributed by atoms with van der Waals surface area (Å²) in [5.74, 6) is 0.402. The smallest absolute Gasteiger partial charge is 0.200 e. The van der Waals surface area contributed by atoms with E-state index in [9.17, 15) is 0 Å². The van der Waals surface area contributed by atoms with Crippen molar-refractivity contribution in [3.63, 3.8) is 0 Å². The summed E-state index contributed by atoms with van der Waals surface area (Å²) in [7, 11) is 0. The fraction of sp³-hybridized carbons (Fsp3) is 0.429. The largest absolute Gasteiger partial charge is 0.473 e. The number of hydrogen-bond donors (Lipinski definition) is 0. The van der Waals surface area contributed by atoms with Crippen LogP contribution in [0.3, 0.4) is 0 Å². The van der Waals surface area contributed by atoms with Gasteiger partial charge < -0.3 is 9.47 Å². The maximum Gasteiger partial charge on any atom is 0.200 e. The van der Waals surface area contributed by atoms with Crippen LogP contribution in [0.25, 0.3) is 0 Å². The molecule has 0 saturated heterocycles. The van der Waals surface area contributed by atoms with Crippen molar-refractivity contribution in [2.45, 2.75) is 38.6 Å². The molecule has 0 fully saturated rings. The SMILES string of the molecule is CC(C)OC1CC(c2ccccc2)C=CO1. The average Bonchev–Trinajstić information content (AvgIpc) is 2.30. The molecule has 1 aromatic carbocycles. The van der Waals surface area contributed by atoms with Gasteiger partial charge in [0.15, 0.2) is 6.29 Å². The summed E-state index contributed by atoms with van der Waals surface area (Å²) in [6, 6.07) is 10.5. The molecule has 1 aromatic rings. The summed E-state index contributed by atoms with van der Waals surface area (Å²) in [5.41, 5.74) is 1.32. The van der Waals surface area contributed by atoms with E-state index in [1.165, 1.54) is 5.56 Å². The Morgan fingerprint density at radius 2 is 2.00 bits per heavy atom. The molecular weight excluding hydrogens is 200 g/mol. The lowest BCUT2D eigenvalue weighted by Gasteiger charge is -2.27. The minimum Gasteiger partial charge on any atom is -0.473 e. The van der Waals surface area contributed by atoms with Crippen molar-refractivity contribution in [2.24, 2.45) is 0 Å². The highest BCUT2D eigenvalue weighted by atomic mass is 16.7. The zero-order valence-corrected chi connectivity index (χ0v) is 9.80. The summed E-state index contributed by atoms with van der Waals surface area (Å²) in [4.78, 5) is 0. The van der Waals surface area contributed by atoms with E-state index in [0.29, 0.717) is 5.92 Å². The first kappa shape index (κ1) is 11.2. The molecule has 16 heavy (non-hydrogen) atoms. The summed E-state index contributed by atoms with van der Waals surface area (Å²) in [5, 5.41) is 0. The fourth-order valence-electron chi connectivity index (χ4n) is 1.91. The first-order chi connectivity index (χ1) is 7.75. The Morgan fingerprint density at radius 3 is 2.69 bits per heavy atom. The van der Waals surface area contributed by atoms with Gasteiger partial charge in [-0.1, -0.05) is 30.3 Å². The zero-order valence-electron chi connectivity index (χ0n) is 9.80. The lowest BCUT2D eigenvalue weighted by Crippen LogP contribution is -2.24. The molecule has 0 radical (unpaired) electrons. The summed E-state index contributed by atoms with van der Waals surface area (Å²) in [6.07, 6.45) is 4.82. The molecule has 1 heterocycles. The van der Waals surface area contributed by atoms with Gasteiger partial charge in [0.25, 0.3) is 0 Å². The van der Waals surface area contributed by atoms with E-state index < -0.39 is 0 Å². The first-order valence-corrected chi connectivity index (χ1v) is 5.78. The van der Waals surface area contributed by atoms with Gasteiger partial charge in [0.1, 0.15) is 0 Å². The van der Waals surface area contributed by atoms with E-state index in [-0.39, 0.29) is 12.4 Å². The molecule has 0 amide bonds. The van der Waals surface area contributed by atoms with E-state index in [2.05, 4.69) is 30.3 Å². The van der Waals surface area contributed by atoms with Crippen molar-refractivity contribution >= 4 is 0 Å². The Balaban J connectivity index is 2.02. The molecule has 0 N–H and O–H groups in total. The Labute approximate surface area is 96.9 Å². The van der Waals surface area contributed by atoms with Gasteiger partial charge in [0.2, 0.25) is 0 Å². The highest BCUT2D eigenvalue weighted by Gasteiger charge is 2.21. The van der Waals surface area contributed by atoms with E-state index in [4.69, 9.17) is 9.47 Å². The molecule has 2 atom stereocenters. The van der Waals surface area contributed by atoms with Gasteiger partial charge in [-0.25, -0.2) is 0 Å². The third-order valence-corrected chi connectivity index (χ3v) is 2.64. The molecule has 0 aromatic heterocycles. The number of allylic oxidation sites excluding steroid dienone is 1. The number of ether oxygens (including phenoxy) is 2. The second-order valence-corrected chi connectivity index (χ2v) is 4.33. The number of hydrogen-bond acceptors (Lipinski definition) is 2. The normalized spacial score (nSPS) is 24.4. The van der Waals surface area contributed by atoms with Crippen molar-refractivity contribution < 1.29 is 9.47 Å². The van der Waals surface area contributed by atoms with Crippen molar-refractivity contribution in [3.8, 4) is 0 Å². The predicted molar refractivity (Wildman–Crippen MR) is 64.0 cm³/mol. The van der Waals surface area contributed by atoms with Gasteiger partial charge in [-0.15, -0.1) is 0 Å². The molecule has 0 aliphatic carbocycles. The molecule has 86 valence electrons. The predicted octanol–water partition coefficient (Wildman–Crippen LogP) is 3.46. The van der Waals surface area contributed by atoms with Crippen LogP contribution >= 0.6 is 0 Å². The lowest BCUT2D eigenvalue weighted by molar-refractivity contribution is -0.141. The van der Waals surface area contributed by atoms with Crippen molar-refractivity contribution in [3.05, 3.63) is 48.2 Å². The quantitative estimate of drug-likeness (QED) is 0.773. The van der Waals surface area contributed by atoms with Crippen LogP contribution in [0.5, 0.6) is 0 Å². The van der Waals surface area contributed by atoms with Crippen molar-refractivity contribution in [2.75, 3.05) is 0 Å². The van der Waals surface area contributed by atoms with E-state index >= 15 is 0 Å². The van der Waals surface area contributed by atoms with Crippen molar-refractivity contribution in [1.82, 2.24) is 0 Å². The van der Waals surface area contributed by atoms with Crippen LogP contribution in [0.4, 0.5) is 0 Å². The molecule has 2 heteroatoms. The maximum atomic E-state index is 5.67. The van der Waals surface area contributed by atoms with Crippen LogP contribution in [0, 0.1) is 0 Å². The lowest BCUT2D eigenvalue weighted by atomic mass is 9.94. The highest BCUT2D eigenvalue weighted by Crippen LogP contribution is 2.28. The minimum absolute atomic E-state index is 0.116. The fourth-order valence-corrected chi connectivity index (χ4v) is 1.91. The van der Waals surface area contributed by atoms with Crippen LogP contribution < -0.4 is 0 Å². The number of benzene rings is 1. The van der Waals surface area contributed by atoms with Crippen LogP contribution in [-0.2, 0) is 9.47 Å². The molecule has 1 aliphatic heterocycles. The van der Waals surface area contributed by atoms with Gasteiger partial charge >= 0.3 is 0 Å². The molecule has 0 spiro atoms. The number of rotatable bonds is 3. The second-order valence-electron chi connectivity index (χ2n) is 4.33. The topological polar surface area (TPSA) is 18.5 Å². The average molecular weight is 218 g/mol. The first-order valence-electron chi connectivity index (χ1n) is 5.78. The molecule has 2 rings (SSSR count). The molecule has 0 bridgehead atoms. The van der Waals surface area contributed by atoms with E-state index in [0.717, 1.165) is 6.42 Å². The van der Waals surface area contributed by atoms with Gasteiger partial charge in [0.05, 0.1) is 12.4 Å². The Morgan fingerprint density at radius 1 is 1.25 bits per heavy atom. The van der Waals surface area contributed by atoms with Crippen LogP contribution in [0.1, 0.15) is 31.7 Å². The van der Waals surface area contributed by atoms with Gasteiger partial charge in [0, 0.05) is 12.3 Å². The minimum atomic E-state index is -0.116. The van der Waals surface area contributed by atoms with Crippen molar-refractivity contribution in [1.29, 1.82) is 0 Å². The molecule has 2 nitrogen and oxygen atoms in total. The summed E-state index contributed by atoms with van der Waals surface area (Å²) < 4.78 is 11.1. The van der Waals surface area contributed by atoms with Crippen LogP contribution in [-0.4, -0.2) is 12.4 Å². The van der Waals surface area contributed by atoms with Gasteiger partial charge in [-0.3, -0.25) is 0 Å². The Kier molecular flexibility index (Phi) is 3.62. The molecule has 2 unspecified atom stereocenters. The Bertz CT molecular complexity index is 343. The van der Waals surface area contributed by atoms with E-state index in [1.807, 2.05) is 19.9 Å². The standard InChI is InChI=1S/C14H18O2/c1-11(2)16-14-10-13(8-9-15-14)12-6-4-3-5-7-12/h3-9,11,13-14H,10H2,1-2H3. The third-order valence-electron chi connectivity index (χ3n) is 2.64. The molecule has 0 saturated carbocycles. The molecular formula is C14H18O2. The maximum absolute atomic E-state index is 5.67. The summed E-state index contributed by atoms with van der Waals surface area (Å²) in [6.45, 7) is 4.05. The van der Waals surface area contributed by atoms with Gasteiger partial charge in [-0.05, 0) is 25.5 Å². The third kappa shape index (κ3) is 2.86. The monoisotopic (exact) mass is 218 g/mol. The Hall–Kier alpha value is -1.28. The zero-order chi connectivity index (χ0) is 11.4. The van der Waals surface area contributed by atoms with Crippen LogP contribution in [0.2, 0.25) is 0 Å².